The van der Waals surface area contributed by atoms with Gasteiger partial charge in [0.2, 0.25) is 17.7 Å². The molecule has 45 heavy (non-hydrogen) atoms. The number of benzene rings is 3. The number of para-hydroxylation sites is 1. The molecule has 4 aromatic rings. The molecule has 232 valence electrons. The van der Waals surface area contributed by atoms with Crippen LogP contribution in [0.5, 0.6) is 5.75 Å². The molecule has 1 aromatic heterocycles. The van der Waals surface area contributed by atoms with Crippen LogP contribution in [0.2, 0.25) is 10.0 Å². The molecular weight excluding hydrogens is 674 g/mol. The first-order chi connectivity index (χ1) is 21.4. The van der Waals surface area contributed by atoms with Gasteiger partial charge in [-0.3, -0.25) is 23.7 Å². The van der Waals surface area contributed by atoms with Crippen molar-refractivity contribution in [2.75, 3.05) is 17.3 Å². The van der Waals surface area contributed by atoms with Crippen LogP contribution < -0.4 is 19.8 Å². The van der Waals surface area contributed by atoms with E-state index in [0.29, 0.717) is 31.9 Å². The number of rotatable bonds is 6. The Kier molecular flexibility index (Phi) is 8.23. The maximum absolute atomic E-state index is 14.0. The van der Waals surface area contributed by atoms with Crippen LogP contribution in [-0.2, 0) is 27.1 Å². The smallest absolute Gasteiger partial charge is 0.416 e. The van der Waals surface area contributed by atoms with Gasteiger partial charge in [0, 0.05) is 22.0 Å². The van der Waals surface area contributed by atoms with E-state index < -0.39 is 58.0 Å². The third kappa shape index (κ3) is 5.62. The van der Waals surface area contributed by atoms with Crippen LogP contribution in [0.25, 0.3) is 0 Å². The number of hydrogen-bond donors (Lipinski definition) is 1. The SMILES string of the molecule is COc1ccccc1[C@@H]1c2sc(=O)n(CC(=O)Nc3ccc(Cl)c(Cl)c3)c2S[C@H]2C(=O)N(c3cccc(C(F)(F)F)c3)C(=O)[C@@H]12. The lowest BCUT2D eigenvalue weighted by molar-refractivity contribution is -0.137. The summed E-state index contributed by atoms with van der Waals surface area (Å²) in [6.07, 6.45) is -4.69. The summed E-state index contributed by atoms with van der Waals surface area (Å²) in [7, 11) is 1.44. The van der Waals surface area contributed by atoms with Crippen LogP contribution in [0.15, 0.2) is 76.6 Å². The molecule has 0 unspecified atom stereocenters. The van der Waals surface area contributed by atoms with Gasteiger partial charge < -0.3 is 10.1 Å². The molecule has 0 radical (unpaired) electrons. The molecule has 0 saturated carbocycles. The van der Waals surface area contributed by atoms with Crippen molar-refractivity contribution >= 4 is 75.4 Å². The molecule has 2 aliphatic rings. The number of imide groups is 1. The van der Waals surface area contributed by atoms with Crippen molar-refractivity contribution in [3.05, 3.63) is 102 Å². The van der Waals surface area contributed by atoms with E-state index in [4.69, 9.17) is 27.9 Å². The number of ether oxygens (including phenoxy) is 1. The fourth-order valence-corrected chi connectivity index (χ4v) is 8.57. The average molecular weight is 695 g/mol. The number of nitrogens with zero attached hydrogens (tertiary/aromatic N) is 2. The van der Waals surface area contributed by atoms with E-state index >= 15 is 0 Å². The van der Waals surface area contributed by atoms with E-state index in [9.17, 15) is 32.3 Å². The number of carbonyl (C=O) groups excluding carboxylic acids is 3. The number of nitrogens with one attached hydrogen (secondary N) is 1. The fraction of sp³-hybridized carbons (Fsp3) is 0.200. The molecule has 3 aromatic carbocycles. The molecule has 1 fully saturated rings. The predicted octanol–water partition coefficient (Wildman–Crippen LogP) is 6.68. The van der Waals surface area contributed by atoms with Gasteiger partial charge in [0.15, 0.2) is 0 Å². The van der Waals surface area contributed by atoms with Crippen molar-refractivity contribution in [2.24, 2.45) is 5.92 Å². The third-order valence-electron chi connectivity index (χ3n) is 7.46. The summed E-state index contributed by atoms with van der Waals surface area (Å²) in [6.45, 7) is -0.423. The Hall–Kier alpha value is -3.78. The minimum Gasteiger partial charge on any atom is -0.496 e. The topological polar surface area (TPSA) is 97.7 Å². The van der Waals surface area contributed by atoms with Crippen molar-refractivity contribution in [2.45, 2.75) is 28.9 Å². The van der Waals surface area contributed by atoms with Crippen LogP contribution in [0.4, 0.5) is 24.5 Å². The van der Waals surface area contributed by atoms with Gasteiger partial charge in [0.05, 0.1) is 39.3 Å². The number of thioether (sulfide) groups is 1. The monoisotopic (exact) mass is 693 g/mol. The standard InChI is InChI=1S/C30H20Cl2F3N3O5S2/c1-43-20-8-3-2-7-17(20)22-23-24(27(41)38(26(23)40)16-6-4-5-14(11-16)30(33,34)35)44-28-25(22)45-29(42)37(28)13-21(39)36-15-9-10-18(31)19(32)12-15/h2-12,22-24H,13H2,1H3,(H,36,39)/t22-,23-,24+/m0/s1. The Morgan fingerprint density at radius 3 is 2.44 bits per heavy atom. The molecule has 15 heteroatoms. The highest BCUT2D eigenvalue weighted by molar-refractivity contribution is 8.00. The average Bonchev–Trinajstić information content (AvgIpc) is 3.44. The van der Waals surface area contributed by atoms with Gasteiger partial charge in [-0.05, 0) is 42.5 Å². The Bertz CT molecular complexity index is 1930. The molecule has 3 heterocycles. The maximum Gasteiger partial charge on any atom is 0.416 e. The van der Waals surface area contributed by atoms with Crippen molar-refractivity contribution in [3.8, 4) is 5.75 Å². The summed E-state index contributed by atoms with van der Waals surface area (Å²) in [5.74, 6) is -3.55. The molecule has 8 nitrogen and oxygen atoms in total. The Morgan fingerprint density at radius 1 is 0.978 bits per heavy atom. The Labute approximate surface area is 271 Å². The Morgan fingerprint density at radius 2 is 1.73 bits per heavy atom. The number of alkyl halides is 3. The van der Waals surface area contributed by atoms with Gasteiger partial charge in [0.25, 0.3) is 0 Å². The number of carbonyl (C=O) groups is 3. The van der Waals surface area contributed by atoms with E-state index in [-0.39, 0.29) is 10.7 Å². The fourth-order valence-electron chi connectivity index (χ4n) is 5.51. The van der Waals surface area contributed by atoms with Crippen molar-refractivity contribution in [1.82, 2.24) is 4.57 Å². The van der Waals surface area contributed by atoms with Crippen LogP contribution in [0.3, 0.4) is 0 Å². The maximum atomic E-state index is 14.0. The number of thiazole rings is 1. The zero-order valence-corrected chi connectivity index (χ0v) is 26.1. The van der Waals surface area contributed by atoms with Gasteiger partial charge in [-0.1, -0.05) is 70.6 Å². The quantitative estimate of drug-likeness (QED) is 0.227. The van der Waals surface area contributed by atoms with Crippen molar-refractivity contribution < 1.29 is 32.3 Å². The Balaban J connectivity index is 1.42. The molecule has 0 spiro atoms. The summed E-state index contributed by atoms with van der Waals surface area (Å²) >= 11 is 13.8. The van der Waals surface area contributed by atoms with E-state index in [2.05, 4.69) is 5.32 Å². The minimum atomic E-state index is -4.69. The van der Waals surface area contributed by atoms with Gasteiger partial charge in [-0.15, -0.1) is 0 Å². The van der Waals surface area contributed by atoms with Crippen LogP contribution in [-0.4, -0.2) is 34.6 Å². The molecule has 3 atom stereocenters. The van der Waals surface area contributed by atoms with Crippen molar-refractivity contribution in [3.63, 3.8) is 0 Å². The van der Waals surface area contributed by atoms with Gasteiger partial charge in [-0.25, -0.2) is 4.90 Å². The first-order valence-electron chi connectivity index (χ1n) is 13.2. The minimum absolute atomic E-state index is 0.213. The molecule has 0 aliphatic carbocycles. The van der Waals surface area contributed by atoms with Crippen molar-refractivity contribution in [1.29, 1.82) is 0 Å². The van der Waals surface area contributed by atoms with E-state index in [1.54, 1.807) is 30.3 Å². The molecule has 6 rings (SSSR count). The number of anilines is 2. The molecule has 2 aliphatic heterocycles. The van der Waals surface area contributed by atoms with Crippen LogP contribution in [0, 0.1) is 5.92 Å². The summed E-state index contributed by atoms with van der Waals surface area (Å²) in [6, 6.07) is 15.3. The van der Waals surface area contributed by atoms with Gasteiger partial charge in [-0.2, -0.15) is 13.2 Å². The number of hydrogen-bond acceptors (Lipinski definition) is 7. The second-order valence-corrected chi connectivity index (χ2v) is 13.1. The highest BCUT2D eigenvalue weighted by Crippen LogP contribution is 2.55. The highest BCUT2D eigenvalue weighted by Gasteiger charge is 2.57. The number of halogens is 5. The number of methoxy groups -OCH3 is 1. The highest BCUT2D eigenvalue weighted by atomic mass is 35.5. The van der Waals surface area contributed by atoms with Crippen LogP contribution >= 0.6 is 46.3 Å². The molecular formula is C30H20Cl2F3N3O5S2. The van der Waals surface area contributed by atoms with Gasteiger partial charge in [0.1, 0.15) is 17.5 Å². The predicted molar refractivity (Wildman–Crippen MR) is 166 cm³/mol. The summed E-state index contributed by atoms with van der Waals surface area (Å²) in [5, 5.41) is 2.38. The van der Waals surface area contributed by atoms with Crippen LogP contribution in [0.1, 0.15) is 21.9 Å². The first-order valence-corrected chi connectivity index (χ1v) is 15.7. The lowest BCUT2D eigenvalue weighted by Crippen LogP contribution is -2.33. The zero-order valence-electron chi connectivity index (χ0n) is 22.9. The largest absolute Gasteiger partial charge is 0.496 e. The lowest BCUT2D eigenvalue weighted by atomic mass is 9.82. The molecule has 3 amide bonds. The summed E-state index contributed by atoms with van der Waals surface area (Å²) in [4.78, 5) is 55.1. The van der Waals surface area contributed by atoms with E-state index in [1.807, 2.05) is 0 Å². The van der Waals surface area contributed by atoms with E-state index in [1.165, 1.54) is 29.9 Å². The van der Waals surface area contributed by atoms with Gasteiger partial charge >= 0.3 is 11.0 Å². The summed E-state index contributed by atoms with van der Waals surface area (Å²) in [5.41, 5.74) is -0.364. The zero-order chi connectivity index (χ0) is 32.2. The summed E-state index contributed by atoms with van der Waals surface area (Å²) < 4.78 is 47.4. The normalized spacial score (nSPS) is 19.3. The number of amides is 3. The number of aromatic nitrogens is 1. The molecule has 0 bridgehead atoms. The number of fused-ring (bicyclic) bond motifs is 2. The second-order valence-electron chi connectivity index (χ2n) is 10.1. The van der Waals surface area contributed by atoms with E-state index in [0.717, 1.165) is 46.2 Å². The molecule has 1 N–H and O–H groups in total. The molecule has 1 saturated heterocycles. The third-order valence-corrected chi connectivity index (χ3v) is 10.8. The first kappa shape index (κ1) is 31.2. The lowest BCUT2D eigenvalue weighted by Gasteiger charge is -2.31. The second kappa shape index (κ2) is 11.9.